The van der Waals surface area contributed by atoms with E-state index < -0.39 is 24.3 Å². The van der Waals surface area contributed by atoms with Crippen LogP contribution in [0.2, 0.25) is 0 Å². The number of nitrogens with zero attached hydrogens (tertiary/aromatic N) is 5. The van der Waals surface area contributed by atoms with Gasteiger partial charge < -0.3 is 20.1 Å². The Morgan fingerprint density at radius 1 is 1.00 bits per heavy atom. The van der Waals surface area contributed by atoms with Gasteiger partial charge in [-0.3, -0.25) is 4.79 Å². The number of nitrogens with one attached hydrogen (secondary N) is 1. The monoisotopic (exact) mass is 634 g/mol. The summed E-state index contributed by atoms with van der Waals surface area (Å²) < 4.78 is 51.8. The molecule has 0 radical (unpaired) electrons. The quantitative estimate of drug-likeness (QED) is 0.245. The Morgan fingerprint density at radius 2 is 1.72 bits per heavy atom. The van der Waals surface area contributed by atoms with E-state index in [1.165, 1.54) is 16.8 Å². The highest BCUT2D eigenvalue weighted by atomic mass is 19.4. The molecule has 12 heteroatoms. The normalized spacial score (nSPS) is 18.6. The van der Waals surface area contributed by atoms with Crippen molar-refractivity contribution in [2.24, 2.45) is 5.41 Å². The third kappa shape index (κ3) is 6.44. The highest BCUT2D eigenvalue weighted by Crippen LogP contribution is 2.42. The molecule has 2 N–H and O–H groups in total. The lowest BCUT2D eigenvalue weighted by Gasteiger charge is -2.39. The molecule has 2 fully saturated rings. The number of carboxylic acid groups (broad SMARTS) is 1. The van der Waals surface area contributed by atoms with E-state index in [-0.39, 0.29) is 28.4 Å². The van der Waals surface area contributed by atoms with Crippen LogP contribution in [0, 0.1) is 33.1 Å². The molecule has 0 aliphatic carbocycles. The SMILES string of the molecule is Cc1ccn(-c2cc(-c3ccc(C)c(C)c3)ccc2C(Oc2cc(N3CCC4(CC3)CN[C@H](C(=O)O)C4)nc(C)n2)C(F)(F)F)n1. The average Bonchev–Trinajstić information content (AvgIpc) is 3.63. The second-order valence-corrected chi connectivity index (χ2v) is 12.6. The lowest BCUT2D eigenvalue weighted by molar-refractivity contribution is -0.198. The van der Waals surface area contributed by atoms with Crippen LogP contribution in [-0.4, -0.2) is 62.7 Å². The lowest BCUT2D eigenvalue weighted by Crippen LogP contribution is -2.41. The van der Waals surface area contributed by atoms with Crippen molar-refractivity contribution in [3.8, 4) is 22.7 Å². The number of hydrogen-bond donors (Lipinski definition) is 2. The Hall–Kier alpha value is -4.45. The average molecular weight is 635 g/mol. The molecule has 9 nitrogen and oxygen atoms in total. The summed E-state index contributed by atoms with van der Waals surface area (Å²) in [4.78, 5) is 22.2. The van der Waals surface area contributed by atoms with Gasteiger partial charge in [0.25, 0.3) is 0 Å². The molecule has 0 amide bonds. The summed E-state index contributed by atoms with van der Waals surface area (Å²) in [6, 6.07) is 13.4. The maximum atomic E-state index is 14.9. The number of aromatic nitrogens is 4. The first-order valence-electron chi connectivity index (χ1n) is 15.3. The van der Waals surface area contributed by atoms with Gasteiger partial charge in [-0.15, -0.1) is 0 Å². The van der Waals surface area contributed by atoms with Crippen LogP contribution in [-0.2, 0) is 4.79 Å². The molecule has 1 spiro atoms. The number of halogens is 3. The first-order valence-corrected chi connectivity index (χ1v) is 15.3. The van der Waals surface area contributed by atoms with Crippen LogP contribution < -0.4 is 15.0 Å². The van der Waals surface area contributed by atoms with Crippen molar-refractivity contribution < 1.29 is 27.8 Å². The van der Waals surface area contributed by atoms with E-state index in [0.717, 1.165) is 35.1 Å². The predicted molar refractivity (Wildman–Crippen MR) is 167 cm³/mol. The summed E-state index contributed by atoms with van der Waals surface area (Å²) >= 11 is 0. The van der Waals surface area contributed by atoms with E-state index in [4.69, 9.17) is 4.74 Å². The fourth-order valence-electron chi connectivity index (χ4n) is 6.47. The van der Waals surface area contributed by atoms with E-state index in [9.17, 15) is 23.1 Å². The molecule has 2 atom stereocenters. The molecule has 0 bridgehead atoms. The van der Waals surface area contributed by atoms with Crippen LogP contribution in [0.1, 0.15) is 53.6 Å². The van der Waals surface area contributed by atoms with Crippen LogP contribution in [0.3, 0.4) is 0 Å². The summed E-state index contributed by atoms with van der Waals surface area (Å²) in [6.45, 7) is 9.23. The summed E-state index contributed by atoms with van der Waals surface area (Å²) in [7, 11) is 0. The maximum absolute atomic E-state index is 14.9. The molecular weight excluding hydrogens is 597 g/mol. The molecular formula is C34H37F3N6O3. The van der Waals surface area contributed by atoms with Crippen molar-refractivity contribution in [3.05, 3.63) is 82.9 Å². The Kier molecular flexibility index (Phi) is 8.26. The number of benzene rings is 2. The zero-order valence-electron chi connectivity index (χ0n) is 26.2. The van der Waals surface area contributed by atoms with E-state index >= 15 is 0 Å². The van der Waals surface area contributed by atoms with Crippen molar-refractivity contribution in [2.45, 2.75) is 65.3 Å². The van der Waals surface area contributed by atoms with Crippen LogP contribution in [0.4, 0.5) is 19.0 Å². The van der Waals surface area contributed by atoms with E-state index in [1.54, 1.807) is 38.2 Å². The first kappa shape index (κ1) is 31.5. The second-order valence-electron chi connectivity index (χ2n) is 12.6. The van der Waals surface area contributed by atoms with Gasteiger partial charge in [0, 0.05) is 37.5 Å². The Labute approximate surface area is 265 Å². The first-order chi connectivity index (χ1) is 21.8. The number of alkyl halides is 3. The van der Waals surface area contributed by atoms with Crippen molar-refractivity contribution in [1.29, 1.82) is 0 Å². The molecule has 6 rings (SSSR count). The summed E-state index contributed by atoms with van der Waals surface area (Å²) in [5.74, 6) is -0.265. The number of rotatable bonds is 7. The van der Waals surface area contributed by atoms with Gasteiger partial charge in [0.15, 0.2) is 0 Å². The molecule has 2 saturated heterocycles. The second kappa shape index (κ2) is 12.1. The minimum atomic E-state index is -4.77. The van der Waals surface area contributed by atoms with E-state index in [2.05, 4.69) is 20.4 Å². The number of aryl methyl sites for hydroxylation is 4. The summed E-state index contributed by atoms with van der Waals surface area (Å²) in [5.41, 5.74) is 4.55. The van der Waals surface area contributed by atoms with Gasteiger partial charge in [-0.1, -0.05) is 30.3 Å². The maximum Gasteiger partial charge on any atom is 0.429 e. The Morgan fingerprint density at radius 3 is 2.35 bits per heavy atom. The van der Waals surface area contributed by atoms with Crippen molar-refractivity contribution in [3.63, 3.8) is 0 Å². The number of aliphatic carboxylic acids is 1. The molecule has 4 aromatic rings. The van der Waals surface area contributed by atoms with Crippen molar-refractivity contribution >= 4 is 11.8 Å². The molecule has 2 aliphatic rings. The number of carbonyl (C=O) groups is 1. The van der Waals surface area contributed by atoms with Gasteiger partial charge in [-0.25, -0.2) is 9.67 Å². The molecule has 2 aromatic heterocycles. The fourth-order valence-corrected chi connectivity index (χ4v) is 6.47. The molecule has 242 valence electrons. The molecule has 2 aliphatic heterocycles. The van der Waals surface area contributed by atoms with Crippen LogP contribution >= 0.6 is 0 Å². The zero-order chi connectivity index (χ0) is 32.8. The van der Waals surface area contributed by atoms with Gasteiger partial charge in [0.05, 0.1) is 11.4 Å². The minimum absolute atomic E-state index is 0.0948. The number of carboxylic acids is 1. The summed E-state index contributed by atoms with van der Waals surface area (Å²) in [5, 5.41) is 16.9. The highest BCUT2D eigenvalue weighted by molar-refractivity contribution is 5.74. The topological polar surface area (TPSA) is 105 Å². The lowest BCUT2D eigenvalue weighted by atomic mass is 9.76. The highest BCUT2D eigenvalue weighted by Gasteiger charge is 2.46. The molecule has 1 unspecified atom stereocenters. The standard InChI is InChI=1S/C34H37F3N6O3/c1-20-5-6-24(15-21(20)2)25-7-8-26(28(16-25)43-12-9-22(3)41-43)31(34(35,36)37)46-30-17-29(39-23(4)40-30)42-13-10-33(11-14-42)18-27(32(44)45)38-19-33/h5-9,12,15-17,27,31,38H,10-11,13-14,18-19H2,1-4H3,(H,44,45)/t27-,31?/m0/s1. The third-order valence-corrected chi connectivity index (χ3v) is 9.27. The van der Waals surface area contributed by atoms with E-state index in [0.29, 0.717) is 37.6 Å². The molecule has 4 heterocycles. The largest absolute Gasteiger partial charge is 0.480 e. The molecule has 0 saturated carbocycles. The van der Waals surface area contributed by atoms with Crippen LogP contribution in [0.5, 0.6) is 5.88 Å². The van der Waals surface area contributed by atoms with Crippen LogP contribution in [0.15, 0.2) is 54.7 Å². The smallest absolute Gasteiger partial charge is 0.429 e. The zero-order valence-corrected chi connectivity index (χ0v) is 26.2. The number of anilines is 1. The number of hydrogen-bond acceptors (Lipinski definition) is 7. The van der Waals surface area contributed by atoms with Gasteiger partial charge in [-0.2, -0.15) is 23.3 Å². The predicted octanol–water partition coefficient (Wildman–Crippen LogP) is 6.28. The van der Waals surface area contributed by atoms with Crippen molar-refractivity contribution in [1.82, 2.24) is 25.1 Å². The van der Waals surface area contributed by atoms with Crippen molar-refractivity contribution in [2.75, 3.05) is 24.5 Å². The van der Waals surface area contributed by atoms with Crippen LogP contribution in [0.25, 0.3) is 16.8 Å². The van der Waals surface area contributed by atoms with Gasteiger partial charge in [0.1, 0.15) is 17.7 Å². The van der Waals surface area contributed by atoms with E-state index in [1.807, 2.05) is 36.9 Å². The molecule has 2 aromatic carbocycles. The third-order valence-electron chi connectivity index (χ3n) is 9.27. The Balaban J connectivity index is 1.31. The number of ether oxygens (including phenoxy) is 1. The van der Waals surface area contributed by atoms with Gasteiger partial charge >= 0.3 is 12.1 Å². The van der Waals surface area contributed by atoms with Gasteiger partial charge in [0.2, 0.25) is 12.0 Å². The Bertz CT molecular complexity index is 1760. The fraction of sp³-hybridized carbons (Fsp3) is 0.412. The minimum Gasteiger partial charge on any atom is -0.480 e. The number of piperidine rings is 1. The molecule has 46 heavy (non-hydrogen) atoms. The summed E-state index contributed by atoms with van der Waals surface area (Å²) in [6.07, 6.45) is -3.42. The van der Waals surface area contributed by atoms with Gasteiger partial charge in [-0.05, 0) is 86.8 Å².